The fourth-order valence-electron chi connectivity index (χ4n) is 3.79. The lowest BCUT2D eigenvalue weighted by Gasteiger charge is -2.24. The van der Waals surface area contributed by atoms with Crippen molar-refractivity contribution >= 4 is 11.9 Å². The van der Waals surface area contributed by atoms with Gasteiger partial charge in [0.25, 0.3) is 5.91 Å². The van der Waals surface area contributed by atoms with Gasteiger partial charge in [0.15, 0.2) is 0 Å². The molecule has 0 bridgehead atoms. The van der Waals surface area contributed by atoms with Crippen LogP contribution in [0.15, 0.2) is 28.7 Å². The summed E-state index contributed by atoms with van der Waals surface area (Å²) in [4.78, 5) is 26.5. The van der Waals surface area contributed by atoms with Crippen molar-refractivity contribution in [3.63, 3.8) is 0 Å². The normalized spacial score (nSPS) is 19.2. The van der Waals surface area contributed by atoms with E-state index in [1.165, 1.54) is 4.90 Å². The highest BCUT2D eigenvalue weighted by Crippen LogP contribution is 2.33. The van der Waals surface area contributed by atoms with Crippen molar-refractivity contribution in [1.29, 1.82) is 0 Å². The number of rotatable bonds is 4. The van der Waals surface area contributed by atoms with Crippen molar-refractivity contribution in [3.05, 3.63) is 30.2 Å². The van der Waals surface area contributed by atoms with Gasteiger partial charge < -0.3 is 14.5 Å². The molecule has 2 heterocycles. The van der Waals surface area contributed by atoms with Crippen molar-refractivity contribution in [2.45, 2.75) is 50.6 Å². The molecule has 8 heteroatoms. The molecule has 1 spiro atoms. The van der Waals surface area contributed by atoms with Gasteiger partial charge in [0.1, 0.15) is 17.8 Å². The molecule has 2 aliphatic rings. The summed E-state index contributed by atoms with van der Waals surface area (Å²) in [7, 11) is 1.60. The van der Waals surface area contributed by atoms with Crippen LogP contribution < -0.4 is 10.1 Å². The van der Waals surface area contributed by atoms with Crippen LogP contribution >= 0.6 is 0 Å². The summed E-state index contributed by atoms with van der Waals surface area (Å²) in [6, 6.07) is 6.83. The Hall–Kier alpha value is -2.90. The second-order valence-corrected chi connectivity index (χ2v) is 7.05. The third-order valence-corrected chi connectivity index (χ3v) is 5.30. The molecule has 1 saturated heterocycles. The van der Waals surface area contributed by atoms with Gasteiger partial charge >= 0.3 is 6.03 Å². The molecule has 3 amide bonds. The van der Waals surface area contributed by atoms with Gasteiger partial charge in [-0.25, -0.2) is 4.79 Å². The molecule has 2 fully saturated rings. The Balaban J connectivity index is 1.50. The van der Waals surface area contributed by atoms with Gasteiger partial charge in [0.2, 0.25) is 11.8 Å². The fourth-order valence-corrected chi connectivity index (χ4v) is 3.79. The standard InChI is InChI=1S/C19H22N4O4/c1-26-14-8-6-13(7-9-14)16-22-21-15(27-16)12-23-17(24)19(20-18(23)25)10-4-2-3-5-11-19/h6-9H,2-5,10-12H2,1H3,(H,20,25). The SMILES string of the molecule is COc1ccc(-c2nnc(CN3C(=O)NC4(CCCCCC4)C3=O)o2)cc1. The molecular formula is C19H22N4O4. The Labute approximate surface area is 156 Å². The first kappa shape index (κ1) is 17.5. The maximum absolute atomic E-state index is 12.9. The number of methoxy groups -OCH3 is 1. The van der Waals surface area contributed by atoms with Gasteiger partial charge in [-0.3, -0.25) is 9.69 Å². The van der Waals surface area contributed by atoms with Crippen molar-refractivity contribution < 1.29 is 18.7 Å². The highest BCUT2D eigenvalue weighted by molar-refractivity contribution is 6.06. The van der Waals surface area contributed by atoms with Crippen LogP contribution in [0.4, 0.5) is 4.79 Å². The van der Waals surface area contributed by atoms with Crippen molar-refractivity contribution in [2.75, 3.05) is 7.11 Å². The average Bonchev–Trinajstić information content (AvgIpc) is 3.14. The number of amides is 3. The Morgan fingerprint density at radius 2 is 1.81 bits per heavy atom. The van der Waals surface area contributed by atoms with Crippen LogP contribution in [0.2, 0.25) is 0 Å². The second kappa shape index (κ2) is 7.02. The molecule has 1 aliphatic carbocycles. The summed E-state index contributed by atoms with van der Waals surface area (Å²) >= 11 is 0. The van der Waals surface area contributed by atoms with Crippen molar-refractivity contribution in [2.24, 2.45) is 0 Å². The van der Waals surface area contributed by atoms with Crippen LogP contribution in [0.1, 0.15) is 44.4 Å². The van der Waals surface area contributed by atoms with Gasteiger partial charge in [-0.2, -0.15) is 0 Å². The number of imide groups is 1. The van der Waals surface area contributed by atoms with E-state index in [-0.39, 0.29) is 24.4 Å². The monoisotopic (exact) mass is 370 g/mol. The fraction of sp³-hybridized carbons (Fsp3) is 0.474. The minimum absolute atomic E-state index is 0.0183. The molecule has 1 aliphatic heterocycles. The summed E-state index contributed by atoms with van der Waals surface area (Å²) < 4.78 is 10.8. The quantitative estimate of drug-likeness (QED) is 0.831. The minimum Gasteiger partial charge on any atom is -0.497 e. The van der Waals surface area contributed by atoms with Gasteiger partial charge in [-0.15, -0.1) is 10.2 Å². The second-order valence-electron chi connectivity index (χ2n) is 7.05. The Morgan fingerprint density at radius 3 is 2.48 bits per heavy atom. The average molecular weight is 370 g/mol. The number of nitrogens with one attached hydrogen (secondary N) is 1. The Kier molecular flexibility index (Phi) is 4.55. The van der Waals surface area contributed by atoms with Crippen LogP contribution in [0.5, 0.6) is 5.75 Å². The van der Waals surface area contributed by atoms with E-state index < -0.39 is 5.54 Å². The third-order valence-electron chi connectivity index (χ3n) is 5.30. The van der Waals surface area contributed by atoms with Crippen molar-refractivity contribution in [3.8, 4) is 17.2 Å². The molecule has 0 radical (unpaired) electrons. The Morgan fingerprint density at radius 1 is 1.11 bits per heavy atom. The van der Waals surface area contributed by atoms with Crippen LogP contribution in [-0.2, 0) is 11.3 Å². The van der Waals surface area contributed by atoms with E-state index in [1.54, 1.807) is 19.2 Å². The highest BCUT2D eigenvalue weighted by atomic mass is 16.5. The van der Waals surface area contributed by atoms with E-state index in [0.29, 0.717) is 18.7 Å². The smallest absolute Gasteiger partial charge is 0.325 e. The predicted octanol–water partition coefficient (Wildman–Crippen LogP) is 2.89. The molecule has 27 heavy (non-hydrogen) atoms. The molecule has 142 valence electrons. The van der Waals surface area contributed by atoms with Gasteiger partial charge in [-0.1, -0.05) is 25.7 Å². The number of aromatic nitrogens is 2. The molecule has 1 N–H and O–H groups in total. The molecule has 0 unspecified atom stereocenters. The van der Waals surface area contributed by atoms with Gasteiger partial charge in [0, 0.05) is 5.56 Å². The zero-order valence-electron chi connectivity index (χ0n) is 15.2. The van der Waals surface area contributed by atoms with E-state index in [2.05, 4.69) is 15.5 Å². The van der Waals surface area contributed by atoms with E-state index in [1.807, 2.05) is 12.1 Å². The maximum Gasteiger partial charge on any atom is 0.325 e. The first-order chi connectivity index (χ1) is 13.1. The number of nitrogens with zero attached hydrogens (tertiary/aromatic N) is 3. The van der Waals surface area contributed by atoms with Crippen LogP contribution in [0.3, 0.4) is 0 Å². The number of ether oxygens (including phenoxy) is 1. The van der Waals surface area contributed by atoms with E-state index in [9.17, 15) is 9.59 Å². The summed E-state index contributed by atoms with van der Waals surface area (Å²) in [6.45, 7) is -0.0183. The number of urea groups is 1. The van der Waals surface area contributed by atoms with E-state index >= 15 is 0 Å². The minimum atomic E-state index is -0.758. The van der Waals surface area contributed by atoms with Gasteiger partial charge in [0.05, 0.1) is 7.11 Å². The number of hydrogen-bond donors (Lipinski definition) is 1. The predicted molar refractivity (Wildman–Crippen MR) is 95.8 cm³/mol. The molecule has 8 nitrogen and oxygen atoms in total. The number of carbonyl (C=O) groups excluding carboxylic acids is 2. The summed E-state index contributed by atoms with van der Waals surface area (Å²) in [6.07, 6.45) is 5.47. The first-order valence-corrected chi connectivity index (χ1v) is 9.22. The molecule has 0 atom stereocenters. The van der Waals surface area contributed by atoms with Crippen LogP contribution in [0, 0.1) is 0 Å². The zero-order chi connectivity index (χ0) is 18.9. The number of carbonyl (C=O) groups is 2. The Bertz CT molecular complexity index is 838. The third kappa shape index (κ3) is 3.27. The number of benzene rings is 1. The lowest BCUT2D eigenvalue weighted by atomic mass is 9.90. The van der Waals surface area contributed by atoms with Gasteiger partial charge in [-0.05, 0) is 37.1 Å². The lowest BCUT2D eigenvalue weighted by molar-refractivity contribution is -0.132. The van der Waals surface area contributed by atoms with Crippen molar-refractivity contribution in [1.82, 2.24) is 20.4 Å². The largest absolute Gasteiger partial charge is 0.497 e. The maximum atomic E-state index is 12.9. The molecule has 4 rings (SSSR count). The van der Waals surface area contributed by atoms with E-state index in [0.717, 1.165) is 37.0 Å². The lowest BCUT2D eigenvalue weighted by Crippen LogP contribution is -2.46. The van der Waals surface area contributed by atoms with Crippen LogP contribution in [-0.4, -0.2) is 39.7 Å². The summed E-state index contributed by atoms with van der Waals surface area (Å²) in [5, 5.41) is 10.9. The first-order valence-electron chi connectivity index (χ1n) is 9.22. The molecule has 1 saturated carbocycles. The van der Waals surface area contributed by atoms with Crippen LogP contribution in [0.25, 0.3) is 11.5 Å². The van der Waals surface area contributed by atoms with E-state index in [4.69, 9.17) is 9.15 Å². The molecule has 2 aromatic rings. The number of hydrogen-bond acceptors (Lipinski definition) is 6. The molecule has 1 aromatic carbocycles. The molecular weight excluding hydrogens is 348 g/mol. The summed E-state index contributed by atoms with van der Waals surface area (Å²) in [5.41, 5.74) is -0.0149. The topological polar surface area (TPSA) is 97.6 Å². The molecule has 1 aromatic heterocycles. The zero-order valence-corrected chi connectivity index (χ0v) is 15.2. The highest BCUT2D eigenvalue weighted by Gasteiger charge is 2.51. The summed E-state index contributed by atoms with van der Waals surface area (Å²) in [5.74, 6) is 1.11.